The lowest BCUT2D eigenvalue weighted by Gasteiger charge is -2.11. The first-order valence-electron chi connectivity index (χ1n) is 16.2. The van der Waals surface area contributed by atoms with E-state index in [2.05, 4.69) is 106 Å². The van der Waals surface area contributed by atoms with E-state index in [0.717, 1.165) is 60.3 Å². The highest BCUT2D eigenvalue weighted by Gasteiger charge is 2.26. The second kappa shape index (κ2) is 9.57. The van der Waals surface area contributed by atoms with Crippen LogP contribution in [0.1, 0.15) is 5.56 Å². The molecule has 11 rings (SSSR count). The van der Waals surface area contributed by atoms with Crippen molar-refractivity contribution < 1.29 is 8.63 Å². The summed E-state index contributed by atoms with van der Waals surface area (Å²) in [5, 5.41) is 18.4. The molecular formula is C43H23N3O2S. The number of hydrogen-bond acceptors (Lipinski definition) is 3. The summed E-state index contributed by atoms with van der Waals surface area (Å²) in [7, 11) is -1.38. The predicted molar refractivity (Wildman–Crippen MR) is 199 cm³/mol. The Morgan fingerprint density at radius 1 is 0.551 bits per heavy atom. The number of nitrogens with zero attached hydrogens (tertiary/aromatic N) is 3. The molecule has 0 radical (unpaired) electrons. The highest BCUT2D eigenvalue weighted by Crippen LogP contribution is 2.48. The number of rotatable bonds is 3. The summed E-state index contributed by atoms with van der Waals surface area (Å²) >= 11 is 0. The molecule has 49 heavy (non-hydrogen) atoms. The van der Waals surface area contributed by atoms with E-state index in [0.29, 0.717) is 15.4 Å². The van der Waals surface area contributed by atoms with E-state index in [1.165, 1.54) is 27.2 Å². The normalized spacial score (nSPS) is 12.9. The van der Waals surface area contributed by atoms with Crippen molar-refractivity contribution in [1.29, 1.82) is 5.26 Å². The molecule has 1 unspecified atom stereocenters. The van der Waals surface area contributed by atoms with Crippen LogP contribution in [0.25, 0.3) is 87.5 Å². The molecule has 6 heteroatoms. The van der Waals surface area contributed by atoms with Crippen LogP contribution in [0.15, 0.2) is 154 Å². The van der Waals surface area contributed by atoms with Gasteiger partial charge in [0.15, 0.2) is 0 Å². The van der Waals surface area contributed by atoms with Crippen molar-refractivity contribution >= 4 is 92.6 Å². The monoisotopic (exact) mass is 645 g/mol. The minimum atomic E-state index is -1.38. The first kappa shape index (κ1) is 26.6. The zero-order valence-corrected chi connectivity index (χ0v) is 26.7. The second-order valence-corrected chi connectivity index (χ2v) is 14.1. The first-order chi connectivity index (χ1) is 24.2. The molecule has 4 aromatic heterocycles. The quantitative estimate of drug-likeness (QED) is 0.192. The van der Waals surface area contributed by atoms with E-state index in [1.807, 2.05) is 24.3 Å². The van der Waals surface area contributed by atoms with Crippen LogP contribution in [0.2, 0.25) is 0 Å². The van der Waals surface area contributed by atoms with Gasteiger partial charge in [0.05, 0.1) is 50.0 Å². The Balaban J connectivity index is 1.30. The molecule has 0 fully saturated rings. The molecule has 0 amide bonds. The molecule has 0 aliphatic heterocycles. The van der Waals surface area contributed by atoms with Gasteiger partial charge in [0, 0.05) is 58.6 Å². The number of nitriles is 1. The average Bonchev–Trinajstić information content (AvgIpc) is 3.78. The van der Waals surface area contributed by atoms with Crippen LogP contribution < -0.4 is 0 Å². The average molecular weight is 646 g/mol. The maximum Gasteiger partial charge on any atom is 0.144 e. The maximum atomic E-state index is 13.6. The van der Waals surface area contributed by atoms with Crippen molar-refractivity contribution in [1.82, 2.24) is 8.97 Å². The summed E-state index contributed by atoms with van der Waals surface area (Å²) < 4.78 is 25.1. The molecule has 0 saturated heterocycles. The molecule has 1 atom stereocenters. The Kier molecular flexibility index (Phi) is 5.20. The van der Waals surface area contributed by atoms with Crippen LogP contribution in [0, 0.1) is 11.3 Å². The maximum absolute atomic E-state index is 13.6. The fraction of sp³-hybridized carbons (Fsp3) is 0. The minimum absolute atomic E-state index is 0.547. The van der Waals surface area contributed by atoms with Gasteiger partial charge < -0.3 is 13.4 Å². The SMILES string of the molecule is N#Cc1ccc(S(=O)c2ccc(-n3c4cc5c6ccccc6oc5c5c6ccccc6n6c7ccccc7c7ccc3c(c54)c76)cc2)cc1. The standard InChI is InChI=1S/C43H23N3O2S/c44-24-25-13-17-27(18-14-25)49(47)28-19-15-26(16-20-28)45-36-22-21-31-29-7-1-4-10-34(29)46-35-11-5-2-9-32(35)39-40(41(36)42(31)46)37(45)23-33-30-8-3-6-12-38(30)48-43(33)39/h1-23H. The van der Waals surface area contributed by atoms with E-state index in [9.17, 15) is 9.47 Å². The molecule has 0 spiro atoms. The lowest BCUT2D eigenvalue weighted by Crippen LogP contribution is -1.97. The number of furan rings is 1. The summed E-state index contributed by atoms with van der Waals surface area (Å²) in [6.07, 6.45) is 0. The highest BCUT2D eigenvalue weighted by molar-refractivity contribution is 7.85. The summed E-state index contributed by atoms with van der Waals surface area (Å²) in [5.74, 6) is 0. The molecule has 11 aromatic rings. The van der Waals surface area contributed by atoms with Crippen molar-refractivity contribution in [2.45, 2.75) is 9.79 Å². The summed E-state index contributed by atoms with van der Waals surface area (Å²) in [6, 6.07) is 49.5. The van der Waals surface area contributed by atoms with Crippen LogP contribution >= 0.6 is 0 Å². The van der Waals surface area contributed by atoms with Crippen molar-refractivity contribution in [2.24, 2.45) is 0 Å². The fourth-order valence-electron chi connectivity index (χ4n) is 8.06. The Labute approximate surface area is 281 Å². The van der Waals surface area contributed by atoms with E-state index >= 15 is 0 Å². The molecule has 0 N–H and O–H groups in total. The Bertz CT molecular complexity index is 3230. The number of hydrogen-bond donors (Lipinski definition) is 0. The Morgan fingerprint density at radius 2 is 1.20 bits per heavy atom. The van der Waals surface area contributed by atoms with Gasteiger partial charge in [0.2, 0.25) is 0 Å². The van der Waals surface area contributed by atoms with Crippen LogP contribution in [-0.4, -0.2) is 13.2 Å². The third kappa shape index (κ3) is 3.44. The van der Waals surface area contributed by atoms with Gasteiger partial charge in [-0.05, 0) is 78.9 Å². The lowest BCUT2D eigenvalue weighted by atomic mass is 10.0. The van der Waals surface area contributed by atoms with Crippen molar-refractivity contribution in [2.75, 3.05) is 0 Å². The van der Waals surface area contributed by atoms with Gasteiger partial charge in [-0.15, -0.1) is 0 Å². The van der Waals surface area contributed by atoms with Crippen molar-refractivity contribution in [3.05, 3.63) is 145 Å². The largest absolute Gasteiger partial charge is 0.455 e. The molecule has 0 aliphatic rings. The third-order valence-corrected chi connectivity index (χ3v) is 11.5. The van der Waals surface area contributed by atoms with Gasteiger partial charge in [-0.25, -0.2) is 4.21 Å². The molecule has 0 bridgehead atoms. The molecule has 5 nitrogen and oxygen atoms in total. The number of fused-ring (bicyclic) bond motifs is 10. The zero-order valence-electron chi connectivity index (χ0n) is 25.8. The van der Waals surface area contributed by atoms with Gasteiger partial charge in [0.1, 0.15) is 11.2 Å². The van der Waals surface area contributed by atoms with Crippen molar-refractivity contribution in [3.63, 3.8) is 0 Å². The van der Waals surface area contributed by atoms with E-state index in [4.69, 9.17) is 4.42 Å². The molecule has 0 saturated carbocycles. The van der Waals surface area contributed by atoms with Gasteiger partial charge >= 0.3 is 0 Å². The lowest BCUT2D eigenvalue weighted by molar-refractivity contribution is 0.673. The van der Waals surface area contributed by atoms with Crippen molar-refractivity contribution in [3.8, 4) is 11.8 Å². The van der Waals surface area contributed by atoms with Crippen LogP contribution in [0.4, 0.5) is 0 Å². The zero-order chi connectivity index (χ0) is 32.4. The topological polar surface area (TPSA) is 63.3 Å². The van der Waals surface area contributed by atoms with Crippen LogP contribution in [0.5, 0.6) is 0 Å². The number of benzene rings is 7. The number of para-hydroxylation sites is 3. The number of aromatic nitrogens is 2. The second-order valence-electron chi connectivity index (χ2n) is 12.6. The summed E-state index contributed by atoms with van der Waals surface area (Å²) in [6.45, 7) is 0. The fourth-order valence-corrected chi connectivity index (χ4v) is 9.10. The minimum Gasteiger partial charge on any atom is -0.455 e. The first-order valence-corrected chi connectivity index (χ1v) is 17.3. The molecule has 0 aliphatic carbocycles. The van der Waals surface area contributed by atoms with Gasteiger partial charge in [-0.3, -0.25) is 0 Å². The summed E-state index contributed by atoms with van der Waals surface area (Å²) in [4.78, 5) is 1.37. The van der Waals surface area contributed by atoms with Crippen LogP contribution in [0.3, 0.4) is 0 Å². The van der Waals surface area contributed by atoms with E-state index < -0.39 is 10.8 Å². The third-order valence-electron chi connectivity index (χ3n) is 10.1. The van der Waals surface area contributed by atoms with Gasteiger partial charge in [-0.1, -0.05) is 60.7 Å². The highest BCUT2D eigenvalue weighted by atomic mass is 32.2. The van der Waals surface area contributed by atoms with E-state index in [1.54, 1.807) is 24.3 Å². The molecule has 7 aromatic carbocycles. The predicted octanol–water partition coefficient (Wildman–Crippen LogP) is 10.9. The van der Waals surface area contributed by atoms with Gasteiger partial charge in [-0.2, -0.15) is 5.26 Å². The van der Waals surface area contributed by atoms with Crippen LogP contribution in [-0.2, 0) is 10.8 Å². The van der Waals surface area contributed by atoms with Gasteiger partial charge in [0.25, 0.3) is 0 Å². The Morgan fingerprint density at radius 3 is 1.96 bits per heavy atom. The van der Waals surface area contributed by atoms with E-state index in [-0.39, 0.29) is 0 Å². The molecule has 228 valence electrons. The molecule has 4 heterocycles. The smallest absolute Gasteiger partial charge is 0.144 e. The Hall–Kier alpha value is -6.42. The molecular weight excluding hydrogens is 623 g/mol. The summed E-state index contributed by atoms with van der Waals surface area (Å²) in [5.41, 5.74) is 8.95.